The van der Waals surface area contributed by atoms with Crippen LogP contribution in [0, 0.1) is 5.92 Å². The second-order valence-corrected chi connectivity index (χ2v) is 5.54. The monoisotopic (exact) mass is 270 g/mol. The first-order chi connectivity index (χ1) is 9.66. The number of aromatic nitrogens is 1. The van der Waals surface area contributed by atoms with E-state index >= 15 is 0 Å². The van der Waals surface area contributed by atoms with Gasteiger partial charge < -0.3 is 10.0 Å². The van der Waals surface area contributed by atoms with Gasteiger partial charge >= 0.3 is 5.97 Å². The minimum absolute atomic E-state index is 0.304. The van der Waals surface area contributed by atoms with E-state index in [-0.39, 0.29) is 0 Å². The Hall–Kier alpha value is -2.10. The number of anilines is 1. The largest absolute Gasteiger partial charge is 0.478 e. The van der Waals surface area contributed by atoms with E-state index in [2.05, 4.69) is 16.8 Å². The van der Waals surface area contributed by atoms with Crippen LogP contribution in [0.1, 0.15) is 30.1 Å². The number of pyridine rings is 1. The summed E-state index contributed by atoms with van der Waals surface area (Å²) < 4.78 is 0. The highest BCUT2D eigenvalue weighted by Crippen LogP contribution is 2.32. The lowest BCUT2D eigenvalue weighted by Crippen LogP contribution is -2.35. The first kappa shape index (κ1) is 12.9. The summed E-state index contributed by atoms with van der Waals surface area (Å²) in [4.78, 5) is 18.0. The number of hydrogen-bond donors (Lipinski definition) is 1. The number of carboxylic acid groups (broad SMARTS) is 1. The van der Waals surface area contributed by atoms with E-state index in [0.29, 0.717) is 11.5 Å². The van der Waals surface area contributed by atoms with E-state index in [0.717, 1.165) is 36.1 Å². The molecule has 1 atom stereocenters. The van der Waals surface area contributed by atoms with Crippen LogP contribution in [0.15, 0.2) is 30.5 Å². The predicted octanol–water partition coefficient (Wildman–Crippen LogP) is 3.17. The standard InChI is InChI=1S/C16H18N2O2/c1-11-5-4-8-18(10-11)15-12-6-2-3-7-14(12)17-9-13(15)16(19)20/h2-3,6-7,9,11H,4-5,8,10H2,1H3,(H,19,20). The Bertz CT molecular complexity index is 654. The van der Waals surface area contributed by atoms with Crippen molar-refractivity contribution in [2.75, 3.05) is 18.0 Å². The zero-order chi connectivity index (χ0) is 14.1. The number of aromatic carboxylic acids is 1. The minimum Gasteiger partial charge on any atom is -0.478 e. The zero-order valence-corrected chi connectivity index (χ0v) is 11.5. The zero-order valence-electron chi connectivity index (χ0n) is 11.5. The highest BCUT2D eigenvalue weighted by molar-refractivity contribution is 6.04. The molecule has 0 amide bonds. The van der Waals surface area contributed by atoms with Crippen LogP contribution in [0.3, 0.4) is 0 Å². The average molecular weight is 270 g/mol. The molecule has 1 saturated heterocycles. The lowest BCUT2D eigenvalue weighted by atomic mass is 9.98. The molecule has 104 valence electrons. The molecule has 0 spiro atoms. The van der Waals surface area contributed by atoms with Crippen LogP contribution in [0.4, 0.5) is 5.69 Å². The van der Waals surface area contributed by atoms with Crippen LogP contribution >= 0.6 is 0 Å². The number of carbonyl (C=O) groups is 1. The van der Waals surface area contributed by atoms with Gasteiger partial charge in [-0.2, -0.15) is 0 Å². The summed E-state index contributed by atoms with van der Waals surface area (Å²) in [6, 6.07) is 7.76. The fourth-order valence-electron chi connectivity index (χ4n) is 3.02. The number of rotatable bonds is 2. The number of fused-ring (bicyclic) bond motifs is 1. The maximum absolute atomic E-state index is 11.5. The molecular formula is C16H18N2O2. The Balaban J connectivity index is 2.19. The number of nitrogens with zero attached hydrogens (tertiary/aromatic N) is 2. The van der Waals surface area contributed by atoms with E-state index in [4.69, 9.17) is 0 Å². The average Bonchev–Trinajstić information content (AvgIpc) is 2.46. The predicted molar refractivity (Wildman–Crippen MR) is 79.3 cm³/mol. The molecule has 1 N–H and O–H groups in total. The first-order valence-electron chi connectivity index (χ1n) is 7.03. The van der Waals surface area contributed by atoms with E-state index < -0.39 is 5.97 Å². The van der Waals surface area contributed by atoms with Gasteiger partial charge in [-0.05, 0) is 24.8 Å². The second kappa shape index (κ2) is 5.12. The minimum atomic E-state index is -0.906. The molecule has 0 radical (unpaired) electrons. The molecule has 1 fully saturated rings. The molecule has 1 aromatic carbocycles. The molecule has 0 bridgehead atoms. The second-order valence-electron chi connectivity index (χ2n) is 5.54. The van der Waals surface area contributed by atoms with Crippen LogP contribution in [-0.4, -0.2) is 29.1 Å². The van der Waals surface area contributed by atoms with Crippen molar-refractivity contribution in [2.45, 2.75) is 19.8 Å². The molecule has 1 unspecified atom stereocenters. The summed E-state index contributed by atoms with van der Waals surface area (Å²) in [5.41, 5.74) is 1.98. The number of hydrogen-bond acceptors (Lipinski definition) is 3. The normalized spacial score (nSPS) is 19.2. The Labute approximate surface area is 118 Å². The highest BCUT2D eigenvalue weighted by Gasteiger charge is 2.23. The molecule has 2 heterocycles. The third-order valence-electron chi connectivity index (χ3n) is 3.95. The fraction of sp³-hybridized carbons (Fsp3) is 0.375. The van der Waals surface area contributed by atoms with Gasteiger partial charge in [0.2, 0.25) is 0 Å². The Morgan fingerprint density at radius 3 is 2.95 bits per heavy atom. The van der Waals surface area contributed by atoms with Crippen LogP contribution in [0.25, 0.3) is 10.9 Å². The molecular weight excluding hydrogens is 252 g/mol. The lowest BCUT2D eigenvalue weighted by Gasteiger charge is -2.34. The smallest absolute Gasteiger partial charge is 0.339 e. The maximum atomic E-state index is 11.5. The van der Waals surface area contributed by atoms with Crippen LogP contribution in [-0.2, 0) is 0 Å². The number of carboxylic acids is 1. The first-order valence-corrected chi connectivity index (χ1v) is 7.03. The lowest BCUT2D eigenvalue weighted by molar-refractivity contribution is 0.0697. The summed E-state index contributed by atoms with van der Waals surface area (Å²) in [5, 5.41) is 10.4. The highest BCUT2D eigenvalue weighted by atomic mass is 16.4. The Kier molecular flexibility index (Phi) is 3.30. The van der Waals surface area contributed by atoms with Crippen molar-refractivity contribution in [1.29, 1.82) is 0 Å². The quantitative estimate of drug-likeness (QED) is 0.910. The van der Waals surface area contributed by atoms with E-state index in [1.165, 1.54) is 12.6 Å². The van der Waals surface area contributed by atoms with Crippen LogP contribution < -0.4 is 4.90 Å². The molecule has 4 nitrogen and oxygen atoms in total. The molecule has 0 aliphatic carbocycles. The summed E-state index contributed by atoms with van der Waals surface area (Å²) in [5.74, 6) is -0.311. The summed E-state index contributed by atoms with van der Waals surface area (Å²) in [6.45, 7) is 4.04. The van der Waals surface area contributed by atoms with E-state index in [9.17, 15) is 9.90 Å². The van der Waals surface area contributed by atoms with Crippen molar-refractivity contribution in [2.24, 2.45) is 5.92 Å². The molecule has 4 heteroatoms. The SMILES string of the molecule is CC1CCCN(c2c(C(=O)O)cnc3ccccc23)C1. The summed E-state index contributed by atoms with van der Waals surface area (Å²) >= 11 is 0. The molecule has 0 saturated carbocycles. The molecule has 3 rings (SSSR count). The van der Waals surface area contributed by atoms with Crippen molar-refractivity contribution in [3.05, 3.63) is 36.0 Å². The van der Waals surface area contributed by atoms with E-state index in [1.807, 2.05) is 24.3 Å². The number of piperidine rings is 1. The van der Waals surface area contributed by atoms with Gasteiger partial charge in [-0.1, -0.05) is 25.1 Å². The van der Waals surface area contributed by atoms with Crippen molar-refractivity contribution in [3.8, 4) is 0 Å². The van der Waals surface area contributed by atoms with Gasteiger partial charge in [-0.15, -0.1) is 0 Å². The van der Waals surface area contributed by atoms with Gasteiger partial charge in [0.25, 0.3) is 0 Å². The van der Waals surface area contributed by atoms with Crippen molar-refractivity contribution >= 4 is 22.6 Å². The fourth-order valence-corrected chi connectivity index (χ4v) is 3.02. The third kappa shape index (κ3) is 2.22. The number of benzene rings is 1. The van der Waals surface area contributed by atoms with E-state index in [1.54, 1.807) is 0 Å². The van der Waals surface area contributed by atoms with Crippen molar-refractivity contribution in [3.63, 3.8) is 0 Å². The summed E-state index contributed by atoms with van der Waals surface area (Å²) in [7, 11) is 0. The topological polar surface area (TPSA) is 53.4 Å². The van der Waals surface area contributed by atoms with Crippen molar-refractivity contribution < 1.29 is 9.90 Å². The third-order valence-corrected chi connectivity index (χ3v) is 3.95. The van der Waals surface area contributed by atoms with Crippen LogP contribution in [0.2, 0.25) is 0 Å². The molecule has 2 aromatic rings. The Morgan fingerprint density at radius 1 is 1.40 bits per heavy atom. The molecule has 1 aliphatic heterocycles. The van der Waals surface area contributed by atoms with Crippen molar-refractivity contribution in [1.82, 2.24) is 4.98 Å². The van der Waals surface area contributed by atoms with Gasteiger partial charge in [0.1, 0.15) is 5.56 Å². The molecule has 20 heavy (non-hydrogen) atoms. The van der Waals surface area contributed by atoms with Gasteiger partial charge in [-0.25, -0.2) is 4.79 Å². The maximum Gasteiger partial charge on any atom is 0.339 e. The van der Waals surface area contributed by atoms with Gasteiger partial charge in [0.05, 0.1) is 11.2 Å². The number of para-hydroxylation sites is 1. The van der Waals surface area contributed by atoms with Gasteiger partial charge in [0.15, 0.2) is 0 Å². The Morgan fingerprint density at radius 2 is 2.20 bits per heavy atom. The van der Waals surface area contributed by atoms with Gasteiger partial charge in [0, 0.05) is 24.7 Å². The van der Waals surface area contributed by atoms with Crippen LogP contribution in [0.5, 0.6) is 0 Å². The molecule has 1 aromatic heterocycles. The van der Waals surface area contributed by atoms with Gasteiger partial charge in [-0.3, -0.25) is 4.98 Å². The molecule has 1 aliphatic rings. The summed E-state index contributed by atoms with van der Waals surface area (Å²) in [6.07, 6.45) is 3.80.